The minimum absolute atomic E-state index is 0.263. The molecule has 4 nitrogen and oxygen atoms in total. The van der Waals surface area contributed by atoms with Crippen LogP contribution in [-0.4, -0.2) is 17.0 Å². The van der Waals surface area contributed by atoms with Crippen LogP contribution in [0.5, 0.6) is 0 Å². The maximum absolute atomic E-state index is 13.4. The molecule has 0 unspecified atom stereocenters. The normalized spacial score (nSPS) is 10.9. The van der Waals surface area contributed by atoms with E-state index in [2.05, 4.69) is 5.32 Å². The molecule has 1 amide bonds. The summed E-state index contributed by atoms with van der Waals surface area (Å²) in [6.07, 6.45) is 2.52. The van der Waals surface area contributed by atoms with Crippen molar-refractivity contribution < 1.29 is 9.18 Å². The first-order valence-corrected chi connectivity index (χ1v) is 7.69. The van der Waals surface area contributed by atoms with Crippen LogP contribution in [0.1, 0.15) is 43.6 Å². The Labute approximate surface area is 129 Å². The monoisotopic (exact) mass is 304 g/mol. The molecule has 1 aromatic heterocycles. The molecule has 0 bridgehead atoms. The van der Waals surface area contributed by atoms with Gasteiger partial charge in [-0.25, -0.2) is 4.39 Å². The van der Waals surface area contributed by atoms with E-state index in [1.807, 2.05) is 13.8 Å². The number of benzene rings is 1. The first-order chi connectivity index (χ1) is 10.6. The summed E-state index contributed by atoms with van der Waals surface area (Å²) in [6, 6.07) is 5.73. The third-order valence-electron chi connectivity index (χ3n) is 3.58. The van der Waals surface area contributed by atoms with Gasteiger partial charge in [0.05, 0.1) is 5.39 Å². The minimum Gasteiger partial charge on any atom is -0.351 e. The number of aromatic nitrogens is 1. The van der Waals surface area contributed by atoms with E-state index < -0.39 is 5.82 Å². The molecule has 0 aliphatic heterocycles. The molecule has 22 heavy (non-hydrogen) atoms. The number of fused-ring (bicyclic) bond motifs is 1. The van der Waals surface area contributed by atoms with Gasteiger partial charge in [-0.05, 0) is 36.4 Å². The third kappa shape index (κ3) is 3.35. The lowest BCUT2D eigenvalue weighted by molar-refractivity contribution is 0.0943. The lowest BCUT2D eigenvalue weighted by atomic mass is 10.1. The van der Waals surface area contributed by atoms with Crippen molar-refractivity contribution in [1.29, 1.82) is 0 Å². The van der Waals surface area contributed by atoms with Crippen LogP contribution < -0.4 is 10.9 Å². The van der Waals surface area contributed by atoms with Crippen LogP contribution in [0.2, 0.25) is 0 Å². The number of pyridine rings is 1. The van der Waals surface area contributed by atoms with Gasteiger partial charge in [0.2, 0.25) is 0 Å². The maximum atomic E-state index is 13.4. The first-order valence-electron chi connectivity index (χ1n) is 7.69. The van der Waals surface area contributed by atoms with Crippen molar-refractivity contribution in [1.82, 2.24) is 9.88 Å². The zero-order valence-corrected chi connectivity index (χ0v) is 13.0. The number of carbonyl (C=O) groups excluding carboxylic acids is 1. The van der Waals surface area contributed by atoms with E-state index in [-0.39, 0.29) is 11.5 Å². The zero-order valence-electron chi connectivity index (χ0n) is 13.0. The van der Waals surface area contributed by atoms with Gasteiger partial charge >= 0.3 is 0 Å². The number of hydrogen-bond acceptors (Lipinski definition) is 2. The number of hydrogen-bond donors (Lipinski definition) is 1. The average Bonchev–Trinajstić information content (AvgIpc) is 2.52. The third-order valence-corrected chi connectivity index (χ3v) is 3.58. The van der Waals surface area contributed by atoms with Crippen molar-refractivity contribution in [2.45, 2.75) is 39.7 Å². The standard InChI is InChI=1S/C17H21FN2O2/c1-3-5-9-20-15(16(21)19-8-4-2)10-12-6-7-13(18)11-14(12)17(20)22/h6-7,10-11H,3-5,8-9H2,1-2H3,(H,19,21). The van der Waals surface area contributed by atoms with E-state index in [9.17, 15) is 14.0 Å². The van der Waals surface area contributed by atoms with Crippen LogP contribution in [0.3, 0.4) is 0 Å². The Kier molecular flexibility index (Phi) is 5.31. The molecule has 0 fully saturated rings. The van der Waals surface area contributed by atoms with Gasteiger partial charge in [0.25, 0.3) is 11.5 Å². The van der Waals surface area contributed by atoms with Gasteiger partial charge in [-0.2, -0.15) is 0 Å². The molecule has 1 N–H and O–H groups in total. The van der Waals surface area contributed by atoms with E-state index in [0.717, 1.165) is 19.3 Å². The van der Waals surface area contributed by atoms with Crippen LogP contribution in [0, 0.1) is 5.82 Å². The maximum Gasteiger partial charge on any atom is 0.268 e. The molecule has 0 aliphatic carbocycles. The second-order valence-corrected chi connectivity index (χ2v) is 5.33. The molecule has 2 aromatic rings. The molecule has 0 spiro atoms. The molecule has 2 rings (SSSR count). The number of halogens is 1. The second kappa shape index (κ2) is 7.20. The van der Waals surface area contributed by atoms with Crippen LogP contribution in [0.4, 0.5) is 4.39 Å². The van der Waals surface area contributed by atoms with Crippen molar-refractivity contribution in [2.75, 3.05) is 6.54 Å². The molecule has 1 heterocycles. The molecular weight excluding hydrogens is 283 g/mol. The van der Waals surface area contributed by atoms with E-state index in [0.29, 0.717) is 29.6 Å². The number of rotatable bonds is 6. The fraction of sp³-hybridized carbons (Fsp3) is 0.412. The predicted octanol–water partition coefficient (Wildman–Crippen LogP) is 3.08. The Balaban J connectivity index is 2.59. The van der Waals surface area contributed by atoms with Gasteiger partial charge in [-0.1, -0.05) is 26.3 Å². The van der Waals surface area contributed by atoms with E-state index in [1.54, 1.807) is 6.07 Å². The summed E-state index contributed by atoms with van der Waals surface area (Å²) >= 11 is 0. The summed E-state index contributed by atoms with van der Waals surface area (Å²) in [5.41, 5.74) is 0.0260. The number of nitrogens with zero attached hydrogens (tertiary/aromatic N) is 1. The molecule has 0 saturated heterocycles. The lowest BCUT2D eigenvalue weighted by Gasteiger charge is -2.14. The largest absolute Gasteiger partial charge is 0.351 e. The Morgan fingerprint density at radius 3 is 2.68 bits per heavy atom. The molecule has 5 heteroatoms. The van der Waals surface area contributed by atoms with Crippen LogP contribution in [-0.2, 0) is 6.54 Å². The van der Waals surface area contributed by atoms with Gasteiger partial charge in [-0.3, -0.25) is 9.59 Å². The highest BCUT2D eigenvalue weighted by Crippen LogP contribution is 2.15. The lowest BCUT2D eigenvalue weighted by Crippen LogP contribution is -2.33. The van der Waals surface area contributed by atoms with Gasteiger partial charge in [0.1, 0.15) is 11.5 Å². The second-order valence-electron chi connectivity index (χ2n) is 5.33. The molecule has 0 atom stereocenters. The summed E-state index contributed by atoms with van der Waals surface area (Å²) < 4.78 is 14.9. The molecule has 0 saturated carbocycles. The summed E-state index contributed by atoms with van der Waals surface area (Å²) in [5.74, 6) is -0.712. The van der Waals surface area contributed by atoms with Crippen LogP contribution in [0.25, 0.3) is 10.8 Å². The van der Waals surface area contributed by atoms with Crippen LogP contribution >= 0.6 is 0 Å². The van der Waals surface area contributed by atoms with E-state index in [4.69, 9.17) is 0 Å². The number of unbranched alkanes of at least 4 members (excludes halogenated alkanes) is 1. The van der Waals surface area contributed by atoms with Crippen molar-refractivity contribution in [3.63, 3.8) is 0 Å². The smallest absolute Gasteiger partial charge is 0.268 e. The number of amides is 1. The fourth-order valence-corrected chi connectivity index (χ4v) is 2.38. The molecule has 0 radical (unpaired) electrons. The first kappa shape index (κ1) is 16.2. The SMILES string of the molecule is CCCCn1c(C(=O)NCCC)cc2ccc(F)cc2c1=O. The quantitative estimate of drug-likeness (QED) is 0.891. The molecule has 118 valence electrons. The Morgan fingerprint density at radius 1 is 1.23 bits per heavy atom. The Hall–Kier alpha value is -2.17. The Morgan fingerprint density at radius 2 is 2.00 bits per heavy atom. The summed E-state index contributed by atoms with van der Waals surface area (Å²) in [6.45, 7) is 5.00. The van der Waals surface area contributed by atoms with Crippen molar-refractivity contribution in [3.05, 3.63) is 46.1 Å². The summed E-state index contributed by atoms with van der Waals surface area (Å²) in [5, 5.41) is 3.69. The van der Waals surface area contributed by atoms with Crippen molar-refractivity contribution in [3.8, 4) is 0 Å². The van der Waals surface area contributed by atoms with Crippen molar-refractivity contribution >= 4 is 16.7 Å². The van der Waals surface area contributed by atoms with E-state index in [1.165, 1.54) is 22.8 Å². The van der Waals surface area contributed by atoms with Crippen LogP contribution in [0.15, 0.2) is 29.1 Å². The summed E-state index contributed by atoms with van der Waals surface area (Å²) in [7, 11) is 0. The molecule has 1 aromatic carbocycles. The van der Waals surface area contributed by atoms with Gasteiger partial charge in [0.15, 0.2) is 0 Å². The topological polar surface area (TPSA) is 51.1 Å². The number of nitrogens with one attached hydrogen (secondary N) is 1. The average molecular weight is 304 g/mol. The summed E-state index contributed by atoms with van der Waals surface area (Å²) in [4.78, 5) is 24.9. The highest BCUT2D eigenvalue weighted by atomic mass is 19.1. The minimum atomic E-state index is -0.449. The molecular formula is C17H21FN2O2. The predicted molar refractivity (Wildman–Crippen MR) is 85.7 cm³/mol. The van der Waals surface area contributed by atoms with Gasteiger partial charge in [0, 0.05) is 13.1 Å². The van der Waals surface area contributed by atoms with Gasteiger partial charge in [-0.15, -0.1) is 0 Å². The Bertz CT molecular complexity index is 737. The molecule has 0 aliphatic rings. The van der Waals surface area contributed by atoms with E-state index >= 15 is 0 Å². The zero-order chi connectivity index (χ0) is 16.1. The fourth-order valence-electron chi connectivity index (χ4n) is 2.38. The highest BCUT2D eigenvalue weighted by molar-refractivity contribution is 5.96. The van der Waals surface area contributed by atoms with Gasteiger partial charge < -0.3 is 9.88 Å². The number of carbonyl (C=O) groups is 1. The highest BCUT2D eigenvalue weighted by Gasteiger charge is 2.15. The van der Waals surface area contributed by atoms with Crippen molar-refractivity contribution in [2.24, 2.45) is 0 Å².